The fourth-order valence-corrected chi connectivity index (χ4v) is 2.72. The third-order valence-corrected chi connectivity index (χ3v) is 4.64. The lowest BCUT2D eigenvalue weighted by atomic mass is 10.1. The summed E-state index contributed by atoms with van der Waals surface area (Å²) in [5, 5.41) is 0. The Morgan fingerprint density at radius 3 is 1.60 bits per heavy atom. The quantitative estimate of drug-likeness (QED) is 0.155. The molecule has 6 heteroatoms. The summed E-state index contributed by atoms with van der Waals surface area (Å²) in [6.07, 6.45) is 11.1. The van der Waals surface area contributed by atoms with Gasteiger partial charge < -0.3 is 23.7 Å². The van der Waals surface area contributed by atoms with E-state index < -0.39 is 0 Å². The zero-order valence-electron chi connectivity index (χ0n) is 20.0. The first-order valence-corrected chi connectivity index (χ1v) is 12.1. The summed E-state index contributed by atoms with van der Waals surface area (Å²) < 4.78 is 27.1. The van der Waals surface area contributed by atoms with Gasteiger partial charge in [-0.1, -0.05) is 59.3 Å². The molecule has 0 aliphatic rings. The fraction of sp³-hybridized carbons (Fsp3) is 0.958. The average molecular weight is 433 g/mol. The maximum Gasteiger partial charge on any atom is 0.305 e. The molecule has 0 heterocycles. The topological polar surface area (TPSA) is 63.2 Å². The first kappa shape index (κ1) is 29.3. The van der Waals surface area contributed by atoms with E-state index in [9.17, 15) is 4.79 Å². The van der Waals surface area contributed by atoms with E-state index in [4.69, 9.17) is 23.7 Å². The van der Waals surface area contributed by atoms with Crippen LogP contribution in [0.3, 0.4) is 0 Å². The Hall–Kier alpha value is -0.690. The van der Waals surface area contributed by atoms with Crippen molar-refractivity contribution in [1.82, 2.24) is 0 Å². The molecule has 0 saturated carbocycles. The van der Waals surface area contributed by atoms with Crippen LogP contribution in [0.1, 0.15) is 85.0 Å². The van der Waals surface area contributed by atoms with Crippen molar-refractivity contribution < 1.29 is 28.5 Å². The number of carbonyl (C=O) groups excluding carboxylic acids is 1. The molecule has 0 spiro atoms. The summed E-state index contributed by atoms with van der Waals surface area (Å²) >= 11 is 0. The van der Waals surface area contributed by atoms with E-state index in [0.29, 0.717) is 71.6 Å². The minimum atomic E-state index is -0.140. The van der Waals surface area contributed by atoms with Crippen LogP contribution in [0.15, 0.2) is 0 Å². The minimum absolute atomic E-state index is 0.140. The lowest BCUT2D eigenvalue weighted by molar-refractivity contribution is -0.144. The molecule has 0 aliphatic heterocycles. The highest BCUT2D eigenvalue weighted by Crippen LogP contribution is 2.06. The van der Waals surface area contributed by atoms with Crippen molar-refractivity contribution in [3.05, 3.63) is 0 Å². The van der Waals surface area contributed by atoms with E-state index >= 15 is 0 Å². The Kier molecular flexibility index (Phi) is 24.0. The number of unbranched alkanes of at least 4 members (excludes halogenated alkanes) is 6. The number of ether oxygens (including phenoxy) is 5. The second-order valence-electron chi connectivity index (χ2n) is 8.08. The van der Waals surface area contributed by atoms with Crippen molar-refractivity contribution in [3.8, 4) is 0 Å². The van der Waals surface area contributed by atoms with Crippen molar-refractivity contribution in [1.29, 1.82) is 0 Å². The van der Waals surface area contributed by atoms with Crippen molar-refractivity contribution in [2.75, 3.05) is 59.5 Å². The van der Waals surface area contributed by atoms with Gasteiger partial charge in [-0.2, -0.15) is 0 Å². The van der Waals surface area contributed by atoms with Gasteiger partial charge in [-0.3, -0.25) is 4.79 Å². The average Bonchev–Trinajstić information content (AvgIpc) is 2.72. The van der Waals surface area contributed by atoms with Crippen LogP contribution < -0.4 is 0 Å². The molecule has 0 bridgehead atoms. The van der Waals surface area contributed by atoms with E-state index in [1.54, 1.807) is 0 Å². The van der Waals surface area contributed by atoms with Crippen LogP contribution >= 0.6 is 0 Å². The minimum Gasteiger partial charge on any atom is -0.466 e. The van der Waals surface area contributed by atoms with E-state index in [2.05, 4.69) is 20.8 Å². The van der Waals surface area contributed by atoms with Gasteiger partial charge in [-0.25, -0.2) is 0 Å². The summed E-state index contributed by atoms with van der Waals surface area (Å²) in [6, 6.07) is 0. The molecule has 0 rings (SSSR count). The van der Waals surface area contributed by atoms with Crippen LogP contribution in [0.2, 0.25) is 0 Å². The largest absolute Gasteiger partial charge is 0.466 e. The van der Waals surface area contributed by atoms with Crippen LogP contribution in [0.5, 0.6) is 0 Å². The fourth-order valence-electron chi connectivity index (χ4n) is 2.72. The van der Waals surface area contributed by atoms with E-state index in [1.807, 2.05) is 0 Å². The molecule has 0 aromatic carbocycles. The Balaban J connectivity index is 3.09. The molecule has 0 N–H and O–H groups in total. The summed E-state index contributed by atoms with van der Waals surface area (Å²) in [7, 11) is 0. The van der Waals surface area contributed by atoms with Crippen molar-refractivity contribution in [2.45, 2.75) is 85.0 Å². The van der Waals surface area contributed by atoms with E-state index in [-0.39, 0.29) is 5.97 Å². The molecule has 0 saturated heterocycles. The smallest absolute Gasteiger partial charge is 0.305 e. The SMILES string of the molecule is CCCCCCCCCOCCOCCOCCOCCCC(=O)OCCC(C)C. The number of esters is 1. The molecular formula is C24H48O6. The zero-order chi connectivity index (χ0) is 22.1. The molecular weight excluding hydrogens is 384 g/mol. The van der Waals surface area contributed by atoms with Crippen molar-refractivity contribution >= 4 is 5.97 Å². The second-order valence-corrected chi connectivity index (χ2v) is 8.08. The van der Waals surface area contributed by atoms with Crippen LogP contribution in [0.4, 0.5) is 0 Å². The molecule has 30 heavy (non-hydrogen) atoms. The molecule has 0 aliphatic carbocycles. The summed E-state index contributed by atoms with van der Waals surface area (Å²) in [4.78, 5) is 11.5. The molecule has 0 aromatic heterocycles. The predicted molar refractivity (Wildman–Crippen MR) is 121 cm³/mol. The van der Waals surface area contributed by atoms with Crippen LogP contribution in [-0.4, -0.2) is 65.4 Å². The van der Waals surface area contributed by atoms with E-state index in [1.165, 1.54) is 38.5 Å². The molecule has 0 radical (unpaired) electrons. The summed E-state index contributed by atoms with van der Waals surface area (Å²) in [5.74, 6) is 0.415. The standard InChI is InChI=1S/C24H48O6/c1-4-5-6-7-8-9-10-14-26-17-19-28-21-22-29-20-18-27-15-11-12-24(25)30-16-13-23(2)3/h23H,4-22H2,1-3H3. The molecule has 0 amide bonds. The van der Waals surface area contributed by atoms with Crippen molar-refractivity contribution in [3.63, 3.8) is 0 Å². The molecule has 180 valence electrons. The number of rotatable bonds is 24. The van der Waals surface area contributed by atoms with Gasteiger partial charge in [0.2, 0.25) is 0 Å². The molecule has 0 atom stereocenters. The molecule has 0 fully saturated rings. The van der Waals surface area contributed by atoms with Crippen molar-refractivity contribution in [2.24, 2.45) is 5.92 Å². The maximum absolute atomic E-state index is 11.5. The Morgan fingerprint density at radius 1 is 0.600 bits per heavy atom. The highest BCUT2D eigenvalue weighted by molar-refractivity contribution is 5.69. The Labute approximate surface area is 185 Å². The van der Waals surface area contributed by atoms with Gasteiger partial charge in [-0.05, 0) is 25.2 Å². The van der Waals surface area contributed by atoms with Gasteiger partial charge in [0.15, 0.2) is 0 Å². The van der Waals surface area contributed by atoms with Gasteiger partial charge in [0, 0.05) is 19.6 Å². The Bertz CT molecular complexity index is 349. The predicted octanol–water partition coefficient (Wildman–Crippen LogP) is 5.17. The third kappa shape index (κ3) is 25.3. The number of hydrogen-bond acceptors (Lipinski definition) is 6. The molecule has 0 aromatic rings. The lowest BCUT2D eigenvalue weighted by Crippen LogP contribution is -2.13. The molecule has 6 nitrogen and oxygen atoms in total. The highest BCUT2D eigenvalue weighted by Gasteiger charge is 2.03. The lowest BCUT2D eigenvalue weighted by Gasteiger charge is -2.08. The second kappa shape index (κ2) is 24.6. The van der Waals surface area contributed by atoms with Gasteiger partial charge in [0.1, 0.15) is 0 Å². The normalized spacial score (nSPS) is 11.3. The first-order valence-electron chi connectivity index (χ1n) is 12.1. The summed E-state index contributed by atoms with van der Waals surface area (Å²) in [5.41, 5.74) is 0. The Morgan fingerprint density at radius 2 is 1.07 bits per heavy atom. The van der Waals surface area contributed by atoms with Crippen LogP contribution in [-0.2, 0) is 28.5 Å². The highest BCUT2D eigenvalue weighted by atomic mass is 16.6. The van der Waals surface area contributed by atoms with Crippen LogP contribution in [0, 0.1) is 5.92 Å². The van der Waals surface area contributed by atoms with E-state index in [0.717, 1.165) is 19.4 Å². The molecule has 0 unspecified atom stereocenters. The zero-order valence-corrected chi connectivity index (χ0v) is 20.0. The van der Waals surface area contributed by atoms with Crippen LogP contribution in [0.25, 0.3) is 0 Å². The summed E-state index contributed by atoms with van der Waals surface area (Å²) in [6.45, 7) is 11.8. The third-order valence-electron chi connectivity index (χ3n) is 4.64. The monoisotopic (exact) mass is 432 g/mol. The van der Waals surface area contributed by atoms with Gasteiger partial charge in [0.05, 0.1) is 46.2 Å². The van der Waals surface area contributed by atoms with Gasteiger partial charge in [0.25, 0.3) is 0 Å². The first-order chi connectivity index (χ1) is 14.7. The van der Waals surface area contributed by atoms with Gasteiger partial charge >= 0.3 is 5.97 Å². The maximum atomic E-state index is 11.5. The number of carbonyl (C=O) groups is 1. The van der Waals surface area contributed by atoms with Gasteiger partial charge in [-0.15, -0.1) is 0 Å². The number of hydrogen-bond donors (Lipinski definition) is 0.